The normalized spacial score (nSPS) is 10.0. The van der Waals surface area contributed by atoms with E-state index in [1.54, 1.807) is 62.8 Å². The molecule has 6 nitrogen and oxygen atoms in total. The van der Waals surface area contributed by atoms with Gasteiger partial charge in [-0.2, -0.15) is 0 Å². The summed E-state index contributed by atoms with van der Waals surface area (Å²) in [7, 11) is 3.23. The maximum absolute atomic E-state index is 12.3. The van der Waals surface area contributed by atoms with Gasteiger partial charge in [0.05, 0.1) is 13.7 Å². The van der Waals surface area contributed by atoms with Crippen molar-refractivity contribution in [2.24, 2.45) is 0 Å². The quantitative estimate of drug-likeness (QED) is 0.522. The van der Waals surface area contributed by atoms with Crippen molar-refractivity contribution in [2.45, 2.75) is 0 Å². The van der Waals surface area contributed by atoms with Crippen molar-refractivity contribution < 1.29 is 14.3 Å². The van der Waals surface area contributed by atoms with Crippen LogP contribution in [-0.2, 0) is 4.74 Å². The van der Waals surface area contributed by atoms with E-state index < -0.39 is 0 Å². The summed E-state index contributed by atoms with van der Waals surface area (Å²) in [5, 5.41) is 9.41. The lowest BCUT2D eigenvalue weighted by Crippen LogP contribution is -2.31. The number of carbonyl (C=O) groups excluding carboxylic acids is 1. The largest absolute Gasteiger partial charge is 0.497 e. The van der Waals surface area contributed by atoms with Crippen LogP contribution < -0.4 is 20.7 Å². The molecule has 132 valence electrons. The lowest BCUT2D eigenvalue weighted by Gasteiger charge is -2.11. The molecule has 0 radical (unpaired) electrons. The van der Waals surface area contributed by atoms with Crippen LogP contribution >= 0.6 is 12.2 Å². The molecule has 0 bridgehead atoms. The summed E-state index contributed by atoms with van der Waals surface area (Å²) < 4.78 is 10.0. The van der Waals surface area contributed by atoms with Gasteiger partial charge in [0.2, 0.25) is 0 Å². The van der Waals surface area contributed by atoms with Gasteiger partial charge in [0.15, 0.2) is 5.11 Å². The molecule has 0 aromatic heterocycles. The molecule has 0 aliphatic heterocycles. The maximum atomic E-state index is 12.3. The molecule has 2 rings (SSSR count). The lowest BCUT2D eigenvalue weighted by atomic mass is 10.2. The van der Waals surface area contributed by atoms with Crippen LogP contribution in [-0.4, -0.2) is 38.4 Å². The van der Waals surface area contributed by atoms with E-state index in [9.17, 15) is 4.79 Å². The Hall–Kier alpha value is -2.64. The number of thiocarbonyl (C=S) groups is 1. The number of nitrogens with one attached hydrogen (secondary N) is 3. The first-order valence-electron chi connectivity index (χ1n) is 7.71. The molecule has 0 fully saturated rings. The van der Waals surface area contributed by atoms with Crippen LogP contribution in [0.1, 0.15) is 10.4 Å². The van der Waals surface area contributed by atoms with Crippen molar-refractivity contribution in [3.63, 3.8) is 0 Å². The summed E-state index contributed by atoms with van der Waals surface area (Å²) in [6, 6.07) is 14.2. The monoisotopic (exact) mass is 359 g/mol. The van der Waals surface area contributed by atoms with Gasteiger partial charge in [-0.15, -0.1) is 0 Å². The van der Waals surface area contributed by atoms with E-state index in [4.69, 9.17) is 21.7 Å². The molecule has 0 heterocycles. The third-order valence-corrected chi connectivity index (χ3v) is 3.59. The van der Waals surface area contributed by atoms with Crippen molar-refractivity contribution in [1.29, 1.82) is 0 Å². The molecular weight excluding hydrogens is 338 g/mol. The highest BCUT2D eigenvalue weighted by Crippen LogP contribution is 2.16. The second-order valence-electron chi connectivity index (χ2n) is 5.13. The first-order valence-corrected chi connectivity index (χ1v) is 8.12. The fourth-order valence-electron chi connectivity index (χ4n) is 2.02. The zero-order valence-corrected chi connectivity index (χ0v) is 15.0. The second kappa shape index (κ2) is 9.61. The van der Waals surface area contributed by atoms with Crippen molar-refractivity contribution in [1.82, 2.24) is 5.32 Å². The predicted octanol–water partition coefficient (Wildman–Crippen LogP) is 2.88. The van der Waals surface area contributed by atoms with Crippen LogP contribution in [0.25, 0.3) is 0 Å². The van der Waals surface area contributed by atoms with Gasteiger partial charge in [0, 0.05) is 30.6 Å². The van der Waals surface area contributed by atoms with Gasteiger partial charge < -0.3 is 25.4 Å². The Kier molecular flexibility index (Phi) is 7.18. The smallest absolute Gasteiger partial charge is 0.255 e. The Labute approximate surface area is 152 Å². The summed E-state index contributed by atoms with van der Waals surface area (Å²) >= 11 is 5.17. The number of hydrogen-bond acceptors (Lipinski definition) is 4. The first-order chi connectivity index (χ1) is 12.1. The summed E-state index contributed by atoms with van der Waals surface area (Å²) in [4.78, 5) is 12.3. The van der Waals surface area contributed by atoms with Gasteiger partial charge in [0.1, 0.15) is 5.75 Å². The minimum Gasteiger partial charge on any atom is -0.497 e. The van der Waals surface area contributed by atoms with Crippen molar-refractivity contribution in [2.75, 3.05) is 38.0 Å². The van der Waals surface area contributed by atoms with Gasteiger partial charge in [-0.1, -0.05) is 0 Å². The molecule has 0 atom stereocenters. The highest BCUT2D eigenvalue weighted by Gasteiger charge is 2.06. The minimum atomic E-state index is -0.183. The third-order valence-electron chi connectivity index (χ3n) is 3.34. The zero-order valence-electron chi connectivity index (χ0n) is 14.2. The van der Waals surface area contributed by atoms with E-state index in [1.807, 2.05) is 0 Å². The minimum absolute atomic E-state index is 0.183. The van der Waals surface area contributed by atoms with Crippen LogP contribution in [0.2, 0.25) is 0 Å². The van der Waals surface area contributed by atoms with E-state index in [0.29, 0.717) is 29.5 Å². The first kappa shape index (κ1) is 18.7. The Bertz CT molecular complexity index is 703. The SMILES string of the molecule is COCCNC(=S)Nc1ccc(C(=O)Nc2ccc(OC)cc2)cc1. The molecule has 0 spiro atoms. The summed E-state index contributed by atoms with van der Waals surface area (Å²) in [5.74, 6) is 0.556. The third kappa shape index (κ3) is 6.06. The van der Waals surface area contributed by atoms with Crippen molar-refractivity contribution in [3.8, 4) is 5.75 Å². The molecule has 3 N–H and O–H groups in total. The van der Waals surface area contributed by atoms with Crippen LogP contribution in [0.15, 0.2) is 48.5 Å². The van der Waals surface area contributed by atoms with Crippen LogP contribution in [0.4, 0.5) is 11.4 Å². The molecule has 7 heteroatoms. The molecule has 25 heavy (non-hydrogen) atoms. The van der Waals surface area contributed by atoms with E-state index in [-0.39, 0.29) is 5.91 Å². The number of rotatable bonds is 7. The van der Waals surface area contributed by atoms with Crippen LogP contribution in [0.5, 0.6) is 5.75 Å². The average Bonchev–Trinajstić information content (AvgIpc) is 2.63. The Morgan fingerprint density at radius 3 is 2.16 bits per heavy atom. The molecule has 0 saturated heterocycles. The van der Waals surface area contributed by atoms with Gasteiger partial charge in [-0.05, 0) is 60.7 Å². The van der Waals surface area contributed by atoms with Crippen LogP contribution in [0.3, 0.4) is 0 Å². The van der Waals surface area contributed by atoms with E-state index in [2.05, 4.69) is 16.0 Å². The summed E-state index contributed by atoms with van der Waals surface area (Å²) in [5.41, 5.74) is 2.06. The molecule has 2 aromatic carbocycles. The zero-order chi connectivity index (χ0) is 18.1. The van der Waals surface area contributed by atoms with Crippen molar-refractivity contribution in [3.05, 3.63) is 54.1 Å². The van der Waals surface area contributed by atoms with Gasteiger partial charge in [0.25, 0.3) is 5.91 Å². The number of benzene rings is 2. The summed E-state index contributed by atoms with van der Waals surface area (Å²) in [6.07, 6.45) is 0. The lowest BCUT2D eigenvalue weighted by molar-refractivity contribution is 0.102. The number of anilines is 2. The molecule has 0 unspecified atom stereocenters. The average molecular weight is 359 g/mol. The molecule has 0 aliphatic rings. The number of ether oxygens (including phenoxy) is 2. The fraction of sp³-hybridized carbons (Fsp3) is 0.222. The Morgan fingerprint density at radius 2 is 1.56 bits per heavy atom. The molecule has 2 aromatic rings. The van der Waals surface area contributed by atoms with Gasteiger partial charge in [-0.25, -0.2) is 0 Å². The Balaban J connectivity index is 1.89. The Morgan fingerprint density at radius 1 is 0.960 bits per heavy atom. The standard InChI is InChI=1S/C18H21N3O3S/c1-23-12-11-19-18(25)21-15-5-3-13(4-6-15)17(22)20-14-7-9-16(24-2)10-8-14/h3-10H,11-12H2,1-2H3,(H,20,22)(H2,19,21,25). The molecule has 1 amide bonds. The van der Waals surface area contributed by atoms with Gasteiger partial charge in [-0.3, -0.25) is 4.79 Å². The second-order valence-corrected chi connectivity index (χ2v) is 5.54. The molecular formula is C18H21N3O3S. The van der Waals surface area contributed by atoms with Crippen LogP contribution in [0, 0.1) is 0 Å². The van der Waals surface area contributed by atoms with E-state index >= 15 is 0 Å². The van der Waals surface area contributed by atoms with Crippen molar-refractivity contribution >= 4 is 34.6 Å². The maximum Gasteiger partial charge on any atom is 0.255 e. The predicted molar refractivity (Wildman–Crippen MR) is 103 cm³/mol. The highest BCUT2D eigenvalue weighted by molar-refractivity contribution is 7.80. The number of hydrogen-bond donors (Lipinski definition) is 3. The number of carbonyl (C=O) groups is 1. The molecule has 0 aliphatic carbocycles. The number of amides is 1. The van der Waals surface area contributed by atoms with E-state index in [1.165, 1.54) is 0 Å². The number of methoxy groups -OCH3 is 2. The summed E-state index contributed by atoms with van der Waals surface area (Å²) in [6.45, 7) is 1.21. The molecule has 0 saturated carbocycles. The van der Waals surface area contributed by atoms with Gasteiger partial charge >= 0.3 is 0 Å². The van der Waals surface area contributed by atoms with E-state index in [0.717, 1.165) is 11.4 Å². The highest BCUT2D eigenvalue weighted by atomic mass is 32.1. The topological polar surface area (TPSA) is 71.6 Å². The fourth-order valence-corrected chi connectivity index (χ4v) is 2.24.